The summed E-state index contributed by atoms with van der Waals surface area (Å²) in [6.45, 7) is 0. The van der Waals surface area contributed by atoms with Crippen LogP contribution in [0.4, 0.5) is 0 Å². The summed E-state index contributed by atoms with van der Waals surface area (Å²) in [5, 5.41) is 13.4. The number of thiazole rings is 1. The van der Waals surface area contributed by atoms with Gasteiger partial charge in [0.05, 0.1) is 30.1 Å². The van der Waals surface area contributed by atoms with E-state index in [4.69, 9.17) is 9.84 Å². The lowest BCUT2D eigenvalue weighted by Gasteiger charge is -1.99. The third-order valence-corrected chi connectivity index (χ3v) is 3.03. The first-order valence-corrected chi connectivity index (χ1v) is 5.20. The van der Waals surface area contributed by atoms with Gasteiger partial charge in [-0.1, -0.05) is 11.3 Å². The highest BCUT2D eigenvalue weighted by molar-refractivity contribution is 7.16. The number of carbonyl (C=O) groups is 1. The van der Waals surface area contributed by atoms with Crippen LogP contribution in [0.5, 0.6) is 5.19 Å². The smallest absolute Gasteiger partial charge is 0.339 e. The van der Waals surface area contributed by atoms with E-state index in [1.165, 1.54) is 29.3 Å². The van der Waals surface area contributed by atoms with Gasteiger partial charge in [0.1, 0.15) is 5.56 Å². The lowest BCUT2D eigenvalue weighted by molar-refractivity contribution is 0.0697. The van der Waals surface area contributed by atoms with Crippen LogP contribution in [-0.4, -0.2) is 33.0 Å². The van der Waals surface area contributed by atoms with E-state index in [0.717, 1.165) is 0 Å². The highest BCUT2D eigenvalue weighted by Crippen LogP contribution is 2.31. The van der Waals surface area contributed by atoms with Gasteiger partial charge in [-0.15, -0.1) is 0 Å². The first kappa shape index (κ1) is 10.6. The van der Waals surface area contributed by atoms with Crippen molar-refractivity contribution in [3.8, 4) is 15.8 Å². The molecule has 0 radical (unpaired) electrons. The summed E-state index contributed by atoms with van der Waals surface area (Å²) in [4.78, 5) is 15.7. The Morgan fingerprint density at radius 2 is 2.31 bits per heavy atom. The average Bonchev–Trinajstić information content (AvgIpc) is 2.83. The summed E-state index contributed by atoms with van der Waals surface area (Å²) in [6.07, 6.45) is 2.90. The van der Waals surface area contributed by atoms with Gasteiger partial charge in [-0.05, 0) is 0 Å². The van der Waals surface area contributed by atoms with Crippen LogP contribution in [0, 0.1) is 0 Å². The summed E-state index contributed by atoms with van der Waals surface area (Å²) in [6, 6.07) is 0. The molecular formula is C9H9N3O3S. The quantitative estimate of drug-likeness (QED) is 0.872. The van der Waals surface area contributed by atoms with E-state index in [-0.39, 0.29) is 5.56 Å². The molecule has 16 heavy (non-hydrogen) atoms. The fourth-order valence-electron chi connectivity index (χ4n) is 1.35. The topological polar surface area (TPSA) is 77.2 Å². The molecule has 0 atom stereocenters. The van der Waals surface area contributed by atoms with Crippen molar-refractivity contribution >= 4 is 17.3 Å². The Kier molecular flexibility index (Phi) is 2.61. The van der Waals surface area contributed by atoms with Crippen LogP contribution in [0.15, 0.2) is 12.4 Å². The Balaban J connectivity index is 2.54. The van der Waals surface area contributed by atoms with Gasteiger partial charge in [0.25, 0.3) is 5.19 Å². The number of methoxy groups -OCH3 is 1. The van der Waals surface area contributed by atoms with Crippen molar-refractivity contribution in [2.45, 2.75) is 0 Å². The fraction of sp³-hybridized carbons (Fsp3) is 0.222. The fourth-order valence-corrected chi connectivity index (χ4v) is 2.17. The van der Waals surface area contributed by atoms with E-state index in [9.17, 15) is 4.79 Å². The van der Waals surface area contributed by atoms with E-state index in [1.807, 2.05) is 0 Å². The molecule has 0 aliphatic rings. The maximum atomic E-state index is 11.0. The predicted molar refractivity (Wildman–Crippen MR) is 57.8 cm³/mol. The molecular weight excluding hydrogens is 230 g/mol. The summed E-state index contributed by atoms with van der Waals surface area (Å²) >= 11 is 1.28. The van der Waals surface area contributed by atoms with Crippen LogP contribution >= 0.6 is 11.3 Å². The van der Waals surface area contributed by atoms with Crippen molar-refractivity contribution in [1.82, 2.24) is 14.8 Å². The molecule has 0 saturated heterocycles. The molecule has 0 aliphatic heterocycles. The van der Waals surface area contributed by atoms with E-state index in [1.54, 1.807) is 13.2 Å². The lowest BCUT2D eigenvalue weighted by atomic mass is 10.2. The first-order chi connectivity index (χ1) is 7.63. The van der Waals surface area contributed by atoms with E-state index in [2.05, 4.69) is 10.1 Å². The summed E-state index contributed by atoms with van der Waals surface area (Å²) < 4.78 is 6.47. The van der Waals surface area contributed by atoms with Crippen LogP contribution in [0.2, 0.25) is 0 Å². The van der Waals surface area contributed by atoms with Crippen LogP contribution in [0.3, 0.4) is 0 Å². The molecule has 2 aromatic heterocycles. The van der Waals surface area contributed by atoms with E-state index >= 15 is 0 Å². The molecule has 0 unspecified atom stereocenters. The standard InChI is InChI=1S/C9H9N3O3S/c1-12-7(5(3-11-12)8(13)14)6-4-10-9(15-2)16-6/h3-4H,1-2H3,(H,13,14). The van der Waals surface area contributed by atoms with Gasteiger partial charge in [-0.3, -0.25) is 4.68 Å². The summed E-state index contributed by atoms with van der Waals surface area (Å²) in [5.74, 6) is -1.00. The Morgan fingerprint density at radius 1 is 1.56 bits per heavy atom. The number of hydrogen-bond acceptors (Lipinski definition) is 5. The minimum Gasteiger partial charge on any atom is -0.478 e. The molecule has 6 nitrogen and oxygen atoms in total. The van der Waals surface area contributed by atoms with Crippen molar-refractivity contribution in [2.75, 3.05) is 7.11 Å². The number of rotatable bonds is 3. The number of carboxylic acid groups (broad SMARTS) is 1. The predicted octanol–water partition coefficient (Wildman–Crippen LogP) is 1.25. The van der Waals surface area contributed by atoms with Crippen molar-refractivity contribution < 1.29 is 14.6 Å². The molecule has 0 aromatic carbocycles. The monoisotopic (exact) mass is 239 g/mol. The molecule has 0 fully saturated rings. The number of ether oxygens (including phenoxy) is 1. The average molecular weight is 239 g/mol. The van der Waals surface area contributed by atoms with Crippen LogP contribution in [-0.2, 0) is 7.05 Å². The van der Waals surface area contributed by atoms with Gasteiger partial charge < -0.3 is 9.84 Å². The number of nitrogens with zero attached hydrogens (tertiary/aromatic N) is 3. The summed E-state index contributed by atoms with van der Waals surface area (Å²) in [7, 11) is 3.21. The third kappa shape index (κ3) is 1.65. The number of hydrogen-bond donors (Lipinski definition) is 1. The second-order valence-corrected chi connectivity index (χ2v) is 4.02. The van der Waals surface area contributed by atoms with Gasteiger partial charge in [0, 0.05) is 7.05 Å². The first-order valence-electron chi connectivity index (χ1n) is 4.39. The number of aromatic nitrogens is 3. The normalized spacial score (nSPS) is 10.4. The number of aromatic carboxylic acids is 1. The SMILES string of the molecule is COc1ncc(-c2c(C(=O)O)cnn2C)s1. The van der Waals surface area contributed by atoms with E-state index in [0.29, 0.717) is 15.8 Å². The Bertz CT molecular complexity index is 532. The molecule has 0 spiro atoms. The van der Waals surface area contributed by atoms with Crippen LogP contribution in [0.25, 0.3) is 10.6 Å². The van der Waals surface area contributed by atoms with Crippen LogP contribution in [0.1, 0.15) is 10.4 Å². The van der Waals surface area contributed by atoms with Crippen molar-refractivity contribution in [2.24, 2.45) is 7.05 Å². The number of aryl methyl sites for hydroxylation is 1. The second kappa shape index (κ2) is 3.93. The third-order valence-electron chi connectivity index (χ3n) is 2.06. The van der Waals surface area contributed by atoms with Crippen LogP contribution < -0.4 is 4.74 Å². The largest absolute Gasteiger partial charge is 0.478 e. The molecule has 0 amide bonds. The van der Waals surface area contributed by atoms with Crippen molar-refractivity contribution in [3.63, 3.8) is 0 Å². The molecule has 0 saturated carbocycles. The molecule has 2 aromatic rings. The van der Waals surface area contributed by atoms with Gasteiger partial charge in [-0.25, -0.2) is 9.78 Å². The second-order valence-electron chi connectivity index (χ2n) is 3.03. The van der Waals surface area contributed by atoms with E-state index < -0.39 is 5.97 Å². The summed E-state index contributed by atoms with van der Waals surface area (Å²) in [5.41, 5.74) is 0.696. The van der Waals surface area contributed by atoms with Gasteiger partial charge >= 0.3 is 5.97 Å². The zero-order chi connectivity index (χ0) is 11.7. The lowest BCUT2D eigenvalue weighted by Crippen LogP contribution is -1.99. The highest BCUT2D eigenvalue weighted by atomic mass is 32.1. The minimum atomic E-state index is -1.00. The van der Waals surface area contributed by atoms with Gasteiger partial charge in [0.15, 0.2) is 0 Å². The number of carboxylic acids is 1. The molecule has 2 rings (SSSR count). The van der Waals surface area contributed by atoms with Crippen molar-refractivity contribution in [1.29, 1.82) is 0 Å². The van der Waals surface area contributed by atoms with Gasteiger partial charge in [-0.2, -0.15) is 5.10 Å². The molecule has 2 heterocycles. The molecule has 0 aliphatic carbocycles. The van der Waals surface area contributed by atoms with Gasteiger partial charge in [0.2, 0.25) is 0 Å². The Morgan fingerprint density at radius 3 is 2.88 bits per heavy atom. The zero-order valence-electron chi connectivity index (χ0n) is 8.67. The highest BCUT2D eigenvalue weighted by Gasteiger charge is 2.18. The molecule has 1 N–H and O–H groups in total. The Hall–Kier alpha value is -1.89. The zero-order valence-corrected chi connectivity index (χ0v) is 9.48. The maximum absolute atomic E-state index is 11.0. The molecule has 84 valence electrons. The Labute approximate surface area is 95.1 Å². The molecule has 7 heteroatoms. The molecule has 0 bridgehead atoms. The minimum absolute atomic E-state index is 0.161. The van der Waals surface area contributed by atoms with Crippen molar-refractivity contribution in [3.05, 3.63) is 18.0 Å². The maximum Gasteiger partial charge on any atom is 0.339 e.